The topological polar surface area (TPSA) is 154 Å². The number of carboxylic acid groups (broad SMARTS) is 1. The summed E-state index contributed by atoms with van der Waals surface area (Å²) in [5, 5.41) is 20.3. The van der Waals surface area contributed by atoms with E-state index in [0.29, 0.717) is 28.4 Å². The van der Waals surface area contributed by atoms with Crippen LogP contribution in [0.3, 0.4) is 0 Å². The largest absolute Gasteiger partial charge is 0.481 e. The minimum atomic E-state index is -0.786. The molecule has 6 rings (SSSR count). The van der Waals surface area contributed by atoms with Crippen LogP contribution in [0.2, 0.25) is 10.3 Å². The van der Waals surface area contributed by atoms with Gasteiger partial charge in [-0.1, -0.05) is 83.9 Å². The van der Waals surface area contributed by atoms with Gasteiger partial charge in [-0.05, 0) is 23.3 Å². The van der Waals surface area contributed by atoms with Crippen LogP contribution in [0.25, 0.3) is 11.4 Å². The average Bonchev–Trinajstić information content (AvgIpc) is 3.68. The molecular weight excluding hydrogens is 615 g/mol. The maximum atomic E-state index is 12.0. The lowest BCUT2D eigenvalue weighted by Crippen LogP contribution is -2.14. The first-order chi connectivity index (χ1) is 21.7. The molecule has 0 radical (unpaired) electrons. The minimum absolute atomic E-state index is 0.107. The summed E-state index contributed by atoms with van der Waals surface area (Å²) in [6.45, 7) is 0. The van der Waals surface area contributed by atoms with Crippen LogP contribution in [0, 0.1) is 0 Å². The van der Waals surface area contributed by atoms with Crippen molar-refractivity contribution in [3.05, 3.63) is 143 Å². The van der Waals surface area contributed by atoms with Gasteiger partial charge in [0, 0.05) is 49.1 Å². The van der Waals surface area contributed by atoms with Crippen molar-refractivity contribution in [3.8, 4) is 11.4 Å². The molecule has 0 unspecified atom stereocenters. The molecule has 0 spiro atoms. The summed E-state index contributed by atoms with van der Waals surface area (Å²) in [7, 11) is 0. The molecule has 4 heterocycles. The molecule has 0 aliphatic carbocycles. The summed E-state index contributed by atoms with van der Waals surface area (Å²) in [6.07, 6.45) is 7.17. The van der Waals surface area contributed by atoms with Crippen molar-refractivity contribution < 1.29 is 14.7 Å². The van der Waals surface area contributed by atoms with Gasteiger partial charge in [0.05, 0.1) is 24.2 Å². The molecule has 4 aromatic heterocycles. The smallest absolute Gasteiger partial charge is 0.307 e. The van der Waals surface area contributed by atoms with Crippen molar-refractivity contribution in [2.45, 2.75) is 12.8 Å². The van der Waals surface area contributed by atoms with Gasteiger partial charge in [-0.25, -0.2) is 19.3 Å². The number of carbonyl (C=O) groups excluding carboxylic acids is 1. The molecule has 6 aromatic rings. The SMILES string of the molecule is Nc1ccn(-c2ccnc(Cl)c2)n1.O=C(Cc1ccccc1)Nc1ccn(-c2ccnc(Cl)c2)n1.O=C(O)Cc1ccccc1. The number of benzene rings is 2. The molecule has 45 heavy (non-hydrogen) atoms. The second-order valence-electron chi connectivity index (χ2n) is 9.27. The highest BCUT2D eigenvalue weighted by Gasteiger charge is 2.07. The number of pyridine rings is 2. The van der Waals surface area contributed by atoms with E-state index >= 15 is 0 Å². The van der Waals surface area contributed by atoms with Gasteiger partial charge < -0.3 is 16.2 Å². The fraction of sp³-hybridized carbons (Fsp3) is 0.0625. The van der Waals surface area contributed by atoms with Crippen molar-refractivity contribution >= 4 is 46.7 Å². The Labute approximate surface area is 268 Å². The second kappa shape index (κ2) is 16.4. The molecule has 0 bridgehead atoms. The van der Waals surface area contributed by atoms with Gasteiger partial charge in [0.25, 0.3) is 0 Å². The lowest BCUT2D eigenvalue weighted by molar-refractivity contribution is -0.136. The predicted octanol–water partition coefficient (Wildman–Crippen LogP) is 5.92. The second-order valence-corrected chi connectivity index (χ2v) is 10.0. The highest BCUT2D eigenvalue weighted by atomic mass is 35.5. The number of amides is 1. The summed E-state index contributed by atoms with van der Waals surface area (Å²) in [4.78, 5) is 29.9. The zero-order valence-electron chi connectivity index (χ0n) is 23.7. The number of rotatable bonds is 7. The standard InChI is InChI=1S/C16H13ClN4O.C8H7ClN4.C8H8O2/c17-14-11-13(6-8-18-14)21-9-7-15(20-21)19-16(22)10-12-4-2-1-3-5-12;9-7-5-6(1-3-11-7)13-4-2-8(10)12-13;9-8(10)6-7-4-2-1-3-5-7/h1-9,11H,10H2,(H,19,20,22);1-5H,(H2,10,12);1-5H,6H2,(H,9,10). The molecule has 0 aliphatic rings. The fourth-order valence-electron chi connectivity index (χ4n) is 3.82. The van der Waals surface area contributed by atoms with Crippen molar-refractivity contribution in [3.63, 3.8) is 0 Å². The number of aliphatic carboxylic acids is 1. The van der Waals surface area contributed by atoms with Crippen LogP contribution in [-0.4, -0.2) is 46.5 Å². The lowest BCUT2D eigenvalue weighted by atomic mass is 10.1. The molecule has 2 aromatic carbocycles. The van der Waals surface area contributed by atoms with E-state index in [1.807, 2.05) is 48.5 Å². The Morgan fingerprint density at radius 2 is 1.22 bits per heavy atom. The predicted molar refractivity (Wildman–Crippen MR) is 174 cm³/mol. The van der Waals surface area contributed by atoms with Crippen LogP contribution in [-0.2, 0) is 22.4 Å². The zero-order valence-corrected chi connectivity index (χ0v) is 25.3. The first-order valence-corrected chi connectivity index (χ1v) is 14.2. The molecule has 0 saturated heterocycles. The molecule has 13 heteroatoms. The first-order valence-electron chi connectivity index (χ1n) is 13.5. The molecule has 11 nitrogen and oxygen atoms in total. The Bertz CT molecular complexity index is 1830. The summed E-state index contributed by atoms with van der Waals surface area (Å²) < 4.78 is 3.27. The van der Waals surface area contributed by atoms with Gasteiger partial charge in [-0.15, -0.1) is 0 Å². The van der Waals surface area contributed by atoms with Crippen LogP contribution in [0.1, 0.15) is 11.1 Å². The number of nitrogens with two attached hydrogens (primary N) is 1. The maximum absolute atomic E-state index is 12.0. The number of hydrogen-bond acceptors (Lipinski definition) is 7. The van der Waals surface area contributed by atoms with E-state index in [9.17, 15) is 9.59 Å². The minimum Gasteiger partial charge on any atom is -0.481 e. The highest BCUT2D eigenvalue weighted by molar-refractivity contribution is 6.29. The number of aromatic nitrogens is 6. The quantitative estimate of drug-likeness (QED) is 0.181. The van der Waals surface area contributed by atoms with Gasteiger partial charge in [-0.2, -0.15) is 10.2 Å². The number of hydrogen-bond donors (Lipinski definition) is 3. The summed E-state index contributed by atoms with van der Waals surface area (Å²) in [5.41, 5.74) is 8.90. The van der Waals surface area contributed by atoms with Gasteiger partial charge >= 0.3 is 5.97 Å². The fourth-order valence-corrected chi connectivity index (χ4v) is 4.16. The molecule has 4 N–H and O–H groups in total. The number of halogens is 2. The molecule has 0 atom stereocenters. The third-order valence-corrected chi connectivity index (χ3v) is 6.23. The van der Waals surface area contributed by atoms with E-state index in [4.69, 9.17) is 34.0 Å². The van der Waals surface area contributed by atoms with Gasteiger partial charge in [0.15, 0.2) is 5.82 Å². The van der Waals surface area contributed by atoms with E-state index in [0.717, 1.165) is 22.5 Å². The average molecular weight is 644 g/mol. The molecule has 0 fully saturated rings. The van der Waals surface area contributed by atoms with E-state index in [-0.39, 0.29) is 12.3 Å². The van der Waals surface area contributed by atoms with Crippen LogP contribution in [0.15, 0.2) is 122 Å². The summed E-state index contributed by atoms with van der Waals surface area (Å²) >= 11 is 11.6. The summed E-state index contributed by atoms with van der Waals surface area (Å²) in [6, 6.07) is 29.1. The Kier molecular flexibility index (Phi) is 11.8. The number of nitrogens with one attached hydrogen (secondary N) is 1. The van der Waals surface area contributed by atoms with Gasteiger partial charge in [-0.3, -0.25) is 9.59 Å². The zero-order chi connectivity index (χ0) is 32.0. The van der Waals surface area contributed by atoms with Crippen molar-refractivity contribution in [1.82, 2.24) is 29.5 Å². The Hall–Kier alpha value is -5.52. The Balaban J connectivity index is 0.000000170. The lowest BCUT2D eigenvalue weighted by Gasteiger charge is -2.03. The van der Waals surface area contributed by atoms with Crippen LogP contribution in [0.4, 0.5) is 11.6 Å². The van der Waals surface area contributed by atoms with Crippen LogP contribution >= 0.6 is 23.2 Å². The van der Waals surface area contributed by atoms with Crippen LogP contribution < -0.4 is 11.1 Å². The van der Waals surface area contributed by atoms with Gasteiger partial charge in [0.1, 0.15) is 16.1 Å². The number of nitrogen functional groups attached to an aromatic ring is 1. The molecular formula is C32H28Cl2N8O3. The monoisotopic (exact) mass is 642 g/mol. The van der Waals surface area contributed by atoms with Crippen molar-refractivity contribution in [2.75, 3.05) is 11.1 Å². The third kappa shape index (κ3) is 10.9. The maximum Gasteiger partial charge on any atom is 0.307 e. The number of nitrogens with zero attached hydrogens (tertiary/aromatic N) is 6. The highest BCUT2D eigenvalue weighted by Crippen LogP contribution is 2.14. The van der Waals surface area contributed by atoms with E-state index < -0.39 is 5.97 Å². The van der Waals surface area contributed by atoms with Crippen molar-refractivity contribution in [2.24, 2.45) is 0 Å². The van der Waals surface area contributed by atoms with Crippen LogP contribution in [0.5, 0.6) is 0 Å². The molecule has 1 amide bonds. The van der Waals surface area contributed by atoms with Gasteiger partial charge in [0.2, 0.25) is 5.91 Å². The van der Waals surface area contributed by atoms with E-state index in [1.165, 1.54) is 0 Å². The molecule has 0 saturated carbocycles. The molecule has 228 valence electrons. The Morgan fingerprint density at radius 1 is 0.711 bits per heavy atom. The van der Waals surface area contributed by atoms with Crippen molar-refractivity contribution in [1.29, 1.82) is 0 Å². The van der Waals surface area contributed by atoms with E-state index in [2.05, 4.69) is 25.5 Å². The third-order valence-electron chi connectivity index (χ3n) is 5.82. The Morgan fingerprint density at radius 3 is 1.71 bits per heavy atom. The first kappa shape index (κ1) is 32.4. The summed E-state index contributed by atoms with van der Waals surface area (Å²) in [5.74, 6) is 0.0808. The van der Waals surface area contributed by atoms with E-state index in [1.54, 1.807) is 82.7 Å². The normalized spacial score (nSPS) is 10.1. The number of carbonyl (C=O) groups is 2. The molecule has 0 aliphatic heterocycles. The number of anilines is 2. The number of carboxylic acids is 1.